The normalized spacial score (nSPS) is 12.3. The molecule has 100 valence electrons. The van der Waals surface area contributed by atoms with Crippen LogP contribution >= 0.6 is 0 Å². The molecule has 2 aromatic rings. The molecular weight excluding hydrogens is 234 g/mol. The van der Waals surface area contributed by atoms with Gasteiger partial charge in [0.1, 0.15) is 5.75 Å². The molecule has 0 heterocycles. The van der Waals surface area contributed by atoms with Crippen molar-refractivity contribution in [3.8, 4) is 5.75 Å². The molecule has 2 aromatic carbocycles. The topological polar surface area (TPSA) is 35.2 Å². The van der Waals surface area contributed by atoms with E-state index in [-0.39, 0.29) is 6.04 Å². The Labute approximate surface area is 115 Å². The Bertz CT molecular complexity index is 590. The summed E-state index contributed by atoms with van der Waals surface area (Å²) in [4.78, 5) is 0. The van der Waals surface area contributed by atoms with Crippen LogP contribution in [-0.4, -0.2) is 7.11 Å². The lowest BCUT2D eigenvalue weighted by Crippen LogP contribution is -2.14. The number of benzene rings is 2. The van der Waals surface area contributed by atoms with Gasteiger partial charge in [0.05, 0.1) is 13.2 Å². The van der Waals surface area contributed by atoms with Gasteiger partial charge in [-0.05, 0) is 43.5 Å². The maximum atomic E-state index is 6.43. The molecule has 0 amide bonds. The van der Waals surface area contributed by atoms with Crippen LogP contribution in [0.15, 0.2) is 36.4 Å². The maximum Gasteiger partial charge on any atom is 0.124 e. The minimum atomic E-state index is -0.157. The summed E-state index contributed by atoms with van der Waals surface area (Å²) in [5, 5.41) is 0. The van der Waals surface area contributed by atoms with E-state index in [4.69, 9.17) is 10.5 Å². The number of rotatable bonds is 3. The summed E-state index contributed by atoms with van der Waals surface area (Å²) < 4.78 is 5.46. The second-order valence-corrected chi connectivity index (χ2v) is 5.08. The highest BCUT2D eigenvalue weighted by Gasteiger charge is 2.16. The van der Waals surface area contributed by atoms with E-state index in [0.717, 1.165) is 16.9 Å². The van der Waals surface area contributed by atoms with Crippen molar-refractivity contribution in [2.75, 3.05) is 7.11 Å². The van der Waals surface area contributed by atoms with E-state index in [9.17, 15) is 0 Å². The van der Waals surface area contributed by atoms with Crippen LogP contribution in [0.1, 0.15) is 33.9 Å². The Balaban J connectivity index is 2.49. The first-order valence-electron chi connectivity index (χ1n) is 6.50. The Morgan fingerprint density at radius 2 is 1.53 bits per heavy atom. The van der Waals surface area contributed by atoms with Gasteiger partial charge in [-0.2, -0.15) is 0 Å². The molecule has 2 rings (SSSR count). The van der Waals surface area contributed by atoms with E-state index >= 15 is 0 Å². The van der Waals surface area contributed by atoms with Gasteiger partial charge >= 0.3 is 0 Å². The van der Waals surface area contributed by atoms with Gasteiger partial charge in [-0.25, -0.2) is 0 Å². The molecular formula is C17H21NO. The van der Waals surface area contributed by atoms with Crippen molar-refractivity contribution in [3.05, 3.63) is 64.2 Å². The van der Waals surface area contributed by atoms with Crippen LogP contribution in [0.2, 0.25) is 0 Å². The summed E-state index contributed by atoms with van der Waals surface area (Å²) in [6, 6.07) is 12.4. The van der Waals surface area contributed by atoms with Crippen LogP contribution in [0.25, 0.3) is 0 Å². The van der Waals surface area contributed by atoms with Crippen molar-refractivity contribution < 1.29 is 4.74 Å². The fourth-order valence-electron chi connectivity index (χ4n) is 2.34. The zero-order valence-corrected chi connectivity index (χ0v) is 12.0. The average Bonchev–Trinajstić information content (AvgIpc) is 2.40. The van der Waals surface area contributed by atoms with Crippen LogP contribution in [0, 0.1) is 20.8 Å². The van der Waals surface area contributed by atoms with Gasteiger partial charge in [0.25, 0.3) is 0 Å². The van der Waals surface area contributed by atoms with Gasteiger partial charge in [0, 0.05) is 5.56 Å². The first-order valence-corrected chi connectivity index (χ1v) is 6.50. The first kappa shape index (κ1) is 13.6. The highest BCUT2D eigenvalue weighted by molar-refractivity contribution is 5.46. The molecule has 0 fully saturated rings. The largest absolute Gasteiger partial charge is 0.496 e. The third-order valence-electron chi connectivity index (χ3n) is 3.49. The van der Waals surface area contributed by atoms with Crippen LogP contribution in [-0.2, 0) is 0 Å². The average molecular weight is 255 g/mol. The highest BCUT2D eigenvalue weighted by atomic mass is 16.5. The van der Waals surface area contributed by atoms with Gasteiger partial charge in [-0.3, -0.25) is 0 Å². The number of ether oxygens (including phenoxy) is 1. The van der Waals surface area contributed by atoms with E-state index < -0.39 is 0 Å². The minimum absolute atomic E-state index is 0.157. The third kappa shape index (κ3) is 2.79. The number of aryl methyl sites for hydroxylation is 3. The summed E-state index contributed by atoms with van der Waals surface area (Å²) >= 11 is 0. The van der Waals surface area contributed by atoms with Crippen molar-refractivity contribution in [2.45, 2.75) is 26.8 Å². The molecule has 2 nitrogen and oxygen atoms in total. The second kappa shape index (κ2) is 5.45. The van der Waals surface area contributed by atoms with Crippen molar-refractivity contribution in [1.82, 2.24) is 0 Å². The number of methoxy groups -OCH3 is 1. The quantitative estimate of drug-likeness (QED) is 0.908. The summed E-state index contributed by atoms with van der Waals surface area (Å²) in [6.07, 6.45) is 0. The zero-order chi connectivity index (χ0) is 14.0. The van der Waals surface area contributed by atoms with E-state index in [1.54, 1.807) is 7.11 Å². The lowest BCUT2D eigenvalue weighted by molar-refractivity contribution is 0.407. The molecule has 0 saturated heterocycles. The SMILES string of the molecule is COc1cc(C)ccc1C(N)c1cc(C)ccc1C. The molecule has 0 radical (unpaired) electrons. The van der Waals surface area contributed by atoms with Gasteiger partial charge < -0.3 is 10.5 Å². The molecule has 19 heavy (non-hydrogen) atoms. The summed E-state index contributed by atoms with van der Waals surface area (Å²) in [7, 11) is 1.69. The minimum Gasteiger partial charge on any atom is -0.496 e. The number of hydrogen-bond donors (Lipinski definition) is 1. The molecule has 1 unspecified atom stereocenters. The molecule has 0 aromatic heterocycles. The standard InChI is InChI=1S/C17H21NO/c1-11-5-7-13(3)15(9-11)17(18)14-8-6-12(2)10-16(14)19-4/h5-10,17H,18H2,1-4H3. The highest BCUT2D eigenvalue weighted by Crippen LogP contribution is 2.31. The van der Waals surface area contributed by atoms with Crippen LogP contribution in [0.3, 0.4) is 0 Å². The Hall–Kier alpha value is -1.80. The van der Waals surface area contributed by atoms with E-state index in [0.29, 0.717) is 0 Å². The molecule has 0 aliphatic heterocycles. The number of hydrogen-bond acceptors (Lipinski definition) is 2. The lowest BCUT2D eigenvalue weighted by atomic mass is 9.93. The third-order valence-corrected chi connectivity index (χ3v) is 3.49. The van der Waals surface area contributed by atoms with Crippen molar-refractivity contribution in [3.63, 3.8) is 0 Å². The van der Waals surface area contributed by atoms with Gasteiger partial charge in [0.15, 0.2) is 0 Å². The van der Waals surface area contributed by atoms with Crippen LogP contribution in [0.5, 0.6) is 5.75 Å². The predicted molar refractivity (Wildman–Crippen MR) is 79.7 cm³/mol. The maximum absolute atomic E-state index is 6.43. The molecule has 2 N–H and O–H groups in total. The molecule has 0 bridgehead atoms. The van der Waals surface area contributed by atoms with Crippen molar-refractivity contribution >= 4 is 0 Å². The van der Waals surface area contributed by atoms with E-state index in [2.05, 4.69) is 51.1 Å². The Kier molecular flexibility index (Phi) is 3.91. The van der Waals surface area contributed by atoms with Gasteiger partial charge in [0.2, 0.25) is 0 Å². The fourth-order valence-corrected chi connectivity index (χ4v) is 2.34. The monoisotopic (exact) mass is 255 g/mol. The smallest absolute Gasteiger partial charge is 0.124 e. The summed E-state index contributed by atoms with van der Waals surface area (Å²) in [6.45, 7) is 6.23. The predicted octanol–water partition coefficient (Wildman–Crippen LogP) is 3.67. The van der Waals surface area contributed by atoms with Gasteiger partial charge in [-0.1, -0.05) is 35.9 Å². The lowest BCUT2D eigenvalue weighted by Gasteiger charge is -2.19. The second-order valence-electron chi connectivity index (χ2n) is 5.08. The molecule has 0 saturated carbocycles. The number of nitrogens with two attached hydrogens (primary N) is 1. The fraction of sp³-hybridized carbons (Fsp3) is 0.294. The Morgan fingerprint density at radius 1 is 0.895 bits per heavy atom. The molecule has 0 spiro atoms. The molecule has 2 heteroatoms. The Morgan fingerprint density at radius 3 is 2.21 bits per heavy atom. The zero-order valence-electron chi connectivity index (χ0n) is 12.0. The van der Waals surface area contributed by atoms with E-state index in [1.807, 2.05) is 6.07 Å². The summed E-state index contributed by atoms with van der Waals surface area (Å²) in [5.41, 5.74) is 12.2. The van der Waals surface area contributed by atoms with Crippen molar-refractivity contribution in [2.24, 2.45) is 5.73 Å². The molecule has 0 aliphatic rings. The van der Waals surface area contributed by atoms with Crippen LogP contribution < -0.4 is 10.5 Å². The van der Waals surface area contributed by atoms with Gasteiger partial charge in [-0.15, -0.1) is 0 Å². The van der Waals surface area contributed by atoms with Crippen molar-refractivity contribution in [1.29, 1.82) is 0 Å². The molecule has 0 aliphatic carbocycles. The summed E-state index contributed by atoms with van der Waals surface area (Å²) in [5.74, 6) is 0.855. The van der Waals surface area contributed by atoms with Crippen LogP contribution in [0.4, 0.5) is 0 Å². The first-order chi connectivity index (χ1) is 9.02. The van der Waals surface area contributed by atoms with E-state index in [1.165, 1.54) is 16.7 Å². The molecule has 1 atom stereocenters.